The number of hydrogen-bond acceptors (Lipinski definition) is 6. The van der Waals surface area contributed by atoms with Gasteiger partial charge in [0, 0.05) is 31.4 Å². The highest BCUT2D eigenvalue weighted by Crippen LogP contribution is 2.31. The molecule has 1 aliphatic rings. The number of hydrogen-bond donors (Lipinski definition) is 1. The van der Waals surface area contributed by atoms with Gasteiger partial charge in [-0.15, -0.1) is 0 Å². The van der Waals surface area contributed by atoms with Crippen molar-refractivity contribution in [2.75, 3.05) is 6.54 Å². The molecule has 0 amide bonds. The monoisotopic (exact) mass is 291 g/mol. The van der Waals surface area contributed by atoms with E-state index in [-0.39, 0.29) is 12.2 Å². The van der Waals surface area contributed by atoms with Crippen LogP contribution in [0, 0.1) is 13.8 Å². The first kappa shape index (κ1) is 14.2. The van der Waals surface area contributed by atoms with Crippen LogP contribution in [0.2, 0.25) is 0 Å². The minimum atomic E-state index is -0.0573. The fourth-order valence-electron chi connectivity index (χ4n) is 2.57. The van der Waals surface area contributed by atoms with E-state index < -0.39 is 0 Å². The largest absolute Gasteiger partial charge is 0.364 e. The summed E-state index contributed by atoms with van der Waals surface area (Å²) in [5, 5.41) is 11.5. The fourth-order valence-corrected chi connectivity index (χ4v) is 2.57. The summed E-state index contributed by atoms with van der Waals surface area (Å²) in [6.45, 7) is 5.52. The lowest BCUT2D eigenvalue weighted by molar-refractivity contribution is 0.0264. The molecule has 0 radical (unpaired) electrons. The third kappa shape index (κ3) is 3.14. The molecule has 0 saturated carbocycles. The van der Waals surface area contributed by atoms with Gasteiger partial charge in [-0.2, -0.15) is 10.1 Å². The van der Waals surface area contributed by atoms with Gasteiger partial charge in [0.05, 0.1) is 12.3 Å². The molecule has 2 atom stereocenters. The molecule has 114 valence electrons. The molecule has 1 fully saturated rings. The maximum absolute atomic E-state index is 5.95. The van der Waals surface area contributed by atoms with Crippen LogP contribution in [0.3, 0.4) is 0 Å². The zero-order chi connectivity index (χ0) is 14.8. The van der Waals surface area contributed by atoms with Crippen LogP contribution >= 0.6 is 0 Å². The zero-order valence-corrected chi connectivity index (χ0v) is 12.7. The van der Waals surface area contributed by atoms with E-state index in [1.807, 2.05) is 24.9 Å². The summed E-state index contributed by atoms with van der Waals surface area (Å²) < 4.78 is 13.0. The first-order valence-electron chi connectivity index (χ1n) is 7.27. The van der Waals surface area contributed by atoms with Gasteiger partial charge >= 0.3 is 0 Å². The first-order valence-corrected chi connectivity index (χ1v) is 7.27. The molecule has 3 rings (SSSR count). The number of rotatable bonds is 5. The topological polar surface area (TPSA) is 78.0 Å². The minimum absolute atomic E-state index is 0.0573. The van der Waals surface area contributed by atoms with Gasteiger partial charge in [0.2, 0.25) is 0 Å². The summed E-state index contributed by atoms with van der Waals surface area (Å²) in [6, 6.07) is 0. The Morgan fingerprint density at radius 3 is 2.90 bits per heavy atom. The summed E-state index contributed by atoms with van der Waals surface area (Å²) in [4.78, 5) is 4.24. The van der Waals surface area contributed by atoms with E-state index in [1.54, 1.807) is 0 Å². The summed E-state index contributed by atoms with van der Waals surface area (Å²) in [5.74, 6) is 1.25. The van der Waals surface area contributed by atoms with E-state index in [0.29, 0.717) is 11.7 Å². The van der Waals surface area contributed by atoms with E-state index >= 15 is 0 Å². The van der Waals surface area contributed by atoms with Crippen molar-refractivity contribution in [1.29, 1.82) is 0 Å². The molecule has 2 aromatic rings. The van der Waals surface area contributed by atoms with Crippen LogP contribution in [0.15, 0.2) is 10.7 Å². The molecule has 0 unspecified atom stereocenters. The van der Waals surface area contributed by atoms with Gasteiger partial charge in [-0.1, -0.05) is 5.16 Å². The van der Waals surface area contributed by atoms with Gasteiger partial charge in [0.1, 0.15) is 6.10 Å². The molecule has 0 bridgehead atoms. The molecule has 0 aromatic carbocycles. The average molecular weight is 291 g/mol. The Hall–Kier alpha value is -1.73. The number of aromatic nitrogens is 4. The zero-order valence-electron chi connectivity index (χ0n) is 12.7. The van der Waals surface area contributed by atoms with Crippen molar-refractivity contribution in [2.45, 2.75) is 45.4 Å². The average Bonchev–Trinajstić information content (AvgIpc) is 3.16. The van der Waals surface area contributed by atoms with Crippen molar-refractivity contribution in [2.24, 2.45) is 7.05 Å². The second-order valence-corrected chi connectivity index (χ2v) is 5.51. The molecule has 1 aliphatic heterocycles. The number of nitrogens with zero attached hydrogens (tertiary/aromatic N) is 4. The van der Waals surface area contributed by atoms with Crippen molar-refractivity contribution >= 4 is 0 Å². The van der Waals surface area contributed by atoms with Gasteiger partial charge in [0.15, 0.2) is 5.82 Å². The van der Waals surface area contributed by atoms with Crippen LogP contribution in [-0.2, 0) is 18.3 Å². The summed E-state index contributed by atoms with van der Waals surface area (Å²) in [5.41, 5.74) is 2.41. The molecule has 3 heterocycles. The smallest absolute Gasteiger partial charge is 0.255 e. The van der Waals surface area contributed by atoms with Gasteiger partial charge in [-0.25, -0.2) is 0 Å². The minimum Gasteiger partial charge on any atom is -0.364 e. The van der Waals surface area contributed by atoms with Crippen molar-refractivity contribution in [1.82, 2.24) is 25.2 Å². The third-order valence-corrected chi connectivity index (χ3v) is 3.95. The predicted octanol–water partition coefficient (Wildman–Crippen LogP) is 1.43. The summed E-state index contributed by atoms with van der Waals surface area (Å²) in [6.07, 6.45) is 3.98. The molecular weight excluding hydrogens is 270 g/mol. The van der Waals surface area contributed by atoms with E-state index in [2.05, 4.69) is 27.5 Å². The number of nitrogens with one attached hydrogen (secondary N) is 1. The van der Waals surface area contributed by atoms with Crippen molar-refractivity contribution < 1.29 is 9.26 Å². The molecule has 0 spiro atoms. The second kappa shape index (κ2) is 5.95. The van der Waals surface area contributed by atoms with Crippen LogP contribution in [0.5, 0.6) is 0 Å². The van der Waals surface area contributed by atoms with E-state index in [9.17, 15) is 0 Å². The highest BCUT2D eigenvalue weighted by molar-refractivity contribution is 5.15. The van der Waals surface area contributed by atoms with E-state index in [0.717, 1.165) is 25.9 Å². The molecule has 21 heavy (non-hydrogen) atoms. The van der Waals surface area contributed by atoms with E-state index in [1.165, 1.54) is 11.3 Å². The Morgan fingerprint density at radius 2 is 2.24 bits per heavy atom. The maximum Gasteiger partial charge on any atom is 0.255 e. The van der Waals surface area contributed by atoms with Crippen LogP contribution in [-0.4, -0.2) is 32.6 Å². The van der Waals surface area contributed by atoms with Crippen LogP contribution in [0.1, 0.15) is 41.9 Å². The molecule has 7 heteroatoms. The van der Waals surface area contributed by atoms with Crippen molar-refractivity contribution in [3.05, 3.63) is 29.2 Å². The van der Waals surface area contributed by atoms with Crippen molar-refractivity contribution in [3.8, 4) is 0 Å². The molecule has 0 aliphatic carbocycles. The van der Waals surface area contributed by atoms with Crippen LogP contribution < -0.4 is 5.32 Å². The SMILES string of the molecule is Cc1noc([C@@H]2CC[C@H](CNCc3cnn(C)c3C)O2)n1. The van der Waals surface area contributed by atoms with Gasteiger partial charge in [0.25, 0.3) is 5.89 Å². The normalized spacial score (nSPS) is 22.0. The Morgan fingerprint density at radius 1 is 1.38 bits per heavy atom. The first-order chi connectivity index (χ1) is 10.1. The standard InChI is InChI=1S/C14H21N5O2/c1-9-11(7-16-19(9)3)6-15-8-12-4-5-13(20-12)14-17-10(2)18-21-14/h7,12-13,15H,4-6,8H2,1-3H3/t12-,13+/m1/s1. The quantitative estimate of drug-likeness (QED) is 0.898. The summed E-state index contributed by atoms with van der Waals surface area (Å²) in [7, 11) is 1.95. The fraction of sp³-hybridized carbons (Fsp3) is 0.643. The maximum atomic E-state index is 5.95. The Kier molecular flexibility index (Phi) is 4.03. The highest BCUT2D eigenvalue weighted by atomic mass is 16.5. The highest BCUT2D eigenvalue weighted by Gasteiger charge is 2.30. The summed E-state index contributed by atoms with van der Waals surface area (Å²) >= 11 is 0. The lowest BCUT2D eigenvalue weighted by Gasteiger charge is -2.12. The lowest BCUT2D eigenvalue weighted by atomic mass is 10.2. The molecular formula is C14H21N5O2. The molecule has 2 aromatic heterocycles. The number of aryl methyl sites for hydroxylation is 2. The molecule has 7 nitrogen and oxygen atoms in total. The van der Waals surface area contributed by atoms with E-state index in [4.69, 9.17) is 9.26 Å². The molecule has 1 saturated heterocycles. The van der Waals surface area contributed by atoms with Crippen LogP contribution in [0.4, 0.5) is 0 Å². The number of ether oxygens (including phenoxy) is 1. The van der Waals surface area contributed by atoms with Gasteiger partial charge < -0.3 is 14.6 Å². The lowest BCUT2D eigenvalue weighted by Crippen LogP contribution is -2.26. The predicted molar refractivity (Wildman–Crippen MR) is 75.5 cm³/mol. The second-order valence-electron chi connectivity index (χ2n) is 5.51. The van der Waals surface area contributed by atoms with Crippen molar-refractivity contribution in [3.63, 3.8) is 0 Å². The van der Waals surface area contributed by atoms with Gasteiger partial charge in [-0.05, 0) is 26.7 Å². The third-order valence-electron chi connectivity index (χ3n) is 3.95. The Bertz CT molecular complexity index is 606. The van der Waals surface area contributed by atoms with Crippen LogP contribution in [0.25, 0.3) is 0 Å². The Labute approximate surface area is 123 Å². The Balaban J connectivity index is 1.46. The van der Waals surface area contributed by atoms with Gasteiger partial charge in [-0.3, -0.25) is 4.68 Å². The molecule has 1 N–H and O–H groups in total.